The molecule has 2 aromatic carbocycles. The Morgan fingerprint density at radius 2 is 0.926 bits per heavy atom. The lowest BCUT2D eigenvalue weighted by molar-refractivity contribution is 0.482. The summed E-state index contributed by atoms with van der Waals surface area (Å²) in [4.78, 5) is 0. The topological polar surface area (TPSA) is 163 Å². The van der Waals surface area contributed by atoms with Gasteiger partial charge in [-0.2, -0.15) is 10.2 Å². The first-order chi connectivity index (χ1) is 12.8. The molecule has 0 saturated heterocycles. The van der Waals surface area contributed by atoms with Crippen molar-refractivity contribution in [3.8, 4) is 11.5 Å². The number of hydrogen-bond acceptors (Lipinski definition) is 5. The summed E-state index contributed by atoms with van der Waals surface area (Å²) in [7, 11) is 0. The lowest BCUT2D eigenvalue weighted by Gasteiger charge is -2.07. The number of benzene rings is 2. The number of rotatable bonds is 6. The molecule has 27 heavy (non-hydrogen) atoms. The predicted octanol–water partition coefficient (Wildman–Crippen LogP) is 1.47. The second-order valence-corrected chi connectivity index (χ2v) is 5.57. The molecule has 9 nitrogen and oxygen atoms in total. The predicted molar refractivity (Wildman–Crippen MR) is 109 cm³/mol. The van der Waals surface area contributed by atoms with Gasteiger partial charge in [0.25, 0.3) is 0 Å². The highest BCUT2D eigenvalue weighted by Crippen LogP contribution is 2.22. The summed E-state index contributed by atoms with van der Waals surface area (Å²) in [5.74, 6) is 1.20. The van der Waals surface area contributed by atoms with E-state index in [1.165, 1.54) is 0 Å². The van der Waals surface area contributed by atoms with Crippen LogP contribution in [0.2, 0.25) is 0 Å². The molecule has 0 atom stereocenters. The Kier molecular flexibility index (Phi) is 6.48. The van der Waals surface area contributed by atoms with Gasteiger partial charge in [-0.3, -0.25) is 0 Å². The summed E-state index contributed by atoms with van der Waals surface area (Å²) < 4.78 is 5.83. The highest BCUT2D eigenvalue weighted by atomic mass is 16.5. The van der Waals surface area contributed by atoms with E-state index in [4.69, 9.17) is 27.7 Å². The molecule has 8 N–H and O–H groups in total. The zero-order valence-corrected chi connectivity index (χ0v) is 15.1. The van der Waals surface area contributed by atoms with Crippen molar-refractivity contribution >= 4 is 23.3 Å². The van der Waals surface area contributed by atoms with Crippen LogP contribution in [0.5, 0.6) is 11.5 Å². The second kappa shape index (κ2) is 8.99. The van der Waals surface area contributed by atoms with Crippen LogP contribution in [0, 0.1) is 0 Å². The fourth-order valence-corrected chi connectivity index (χ4v) is 2.05. The van der Waals surface area contributed by atoms with Crippen LogP contribution in [0.4, 0.5) is 0 Å². The SMILES string of the molecule is C/C(=N/N=C(N)N)c1ccc(Oc2ccc(/C(C)=N/N=C(N)N)cc2)cc1. The van der Waals surface area contributed by atoms with Crippen LogP contribution in [0.1, 0.15) is 25.0 Å². The van der Waals surface area contributed by atoms with E-state index < -0.39 is 0 Å². The van der Waals surface area contributed by atoms with Crippen LogP contribution < -0.4 is 27.7 Å². The maximum atomic E-state index is 5.83. The molecule has 0 saturated carbocycles. The van der Waals surface area contributed by atoms with Gasteiger partial charge in [0, 0.05) is 0 Å². The minimum absolute atomic E-state index is 0.0867. The van der Waals surface area contributed by atoms with E-state index in [1.807, 2.05) is 62.4 Å². The normalized spacial score (nSPS) is 11.6. The first-order valence-corrected chi connectivity index (χ1v) is 8.00. The highest BCUT2D eigenvalue weighted by molar-refractivity contribution is 5.99. The summed E-state index contributed by atoms with van der Waals surface area (Å²) in [6.07, 6.45) is 0. The molecule has 0 aliphatic heterocycles. The highest BCUT2D eigenvalue weighted by Gasteiger charge is 2.02. The Bertz CT molecular complexity index is 812. The maximum Gasteiger partial charge on any atom is 0.211 e. The molecule has 0 bridgehead atoms. The van der Waals surface area contributed by atoms with Crippen molar-refractivity contribution in [1.82, 2.24) is 0 Å². The molecule has 0 unspecified atom stereocenters. The fraction of sp³-hybridized carbons (Fsp3) is 0.111. The van der Waals surface area contributed by atoms with Gasteiger partial charge in [0.15, 0.2) is 0 Å². The third-order valence-corrected chi connectivity index (χ3v) is 3.41. The van der Waals surface area contributed by atoms with Gasteiger partial charge in [0.05, 0.1) is 11.4 Å². The summed E-state index contributed by atoms with van der Waals surface area (Å²) in [5.41, 5.74) is 24.2. The summed E-state index contributed by atoms with van der Waals surface area (Å²) in [6, 6.07) is 14.8. The number of nitrogens with two attached hydrogens (primary N) is 4. The molecule has 0 spiro atoms. The first kappa shape index (κ1) is 19.4. The van der Waals surface area contributed by atoms with E-state index in [0.29, 0.717) is 22.9 Å². The molecule has 0 fully saturated rings. The average Bonchev–Trinajstić information content (AvgIpc) is 2.65. The Balaban J connectivity index is 2.07. The van der Waals surface area contributed by atoms with Crippen LogP contribution in [0.15, 0.2) is 68.9 Å². The van der Waals surface area contributed by atoms with Gasteiger partial charge in [-0.25, -0.2) is 0 Å². The third-order valence-electron chi connectivity index (χ3n) is 3.41. The molecule has 9 heteroatoms. The van der Waals surface area contributed by atoms with Crippen LogP contribution in [0.3, 0.4) is 0 Å². The molecule has 0 heterocycles. The average molecular weight is 366 g/mol. The van der Waals surface area contributed by atoms with Gasteiger partial charge in [-0.1, -0.05) is 0 Å². The molecule has 140 valence electrons. The summed E-state index contributed by atoms with van der Waals surface area (Å²) in [6.45, 7) is 3.63. The van der Waals surface area contributed by atoms with Crippen molar-refractivity contribution in [2.24, 2.45) is 43.3 Å². The van der Waals surface area contributed by atoms with E-state index in [1.54, 1.807) is 0 Å². The maximum absolute atomic E-state index is 5.83. The van der Waals surface area contributed by atoms with Gasteiger partial charge < -0.3 is 27.7 Å². The van der Waals surface area contributed by atoms with E-state index in [-0.39, 0.29) is 11.9 Å². The van der Waals surface area contributed by atoms with Crippen molar-refractivity contribution in [2.45, 2.75) is 13.8 Å². The fourth-order valence-electron chi connectivity index (χ4n) is 2.05. The molecule has 2 aromatic rings. The lowest BCUT2D eigenvalue weighted by Crippen LogP contribution is -2.22. The van der Waals surface area contributed by atoms with Crippen molar-refractivity contribution in [1.29, 1.82) is 0 Å². The lowest BCUT2D eigenvalue weighted by atomic mass is 10.1. The zero-order chi connectivity index (χ0) is 19.8. The Labute approximate surface area is 157 Å². The van der Waals surface area contributed by atoms with E-state index in [9.17, 15) is 0 Å². The molecule has 2 rings (SSSR count). The van der Waals surface area contributed by atoms with Crippen LogP contribution in [0.25, 0.3) is 0 Å². The standard InChI is InChI=1S/C18H22N8O/c1-11(23-25-17(19)20)13-3-7-15(8-4-13)27-16-9-5-14(6-10-16)12(2)24-26-18(21)22/h3-10H,1-2H3,(H4,19,20,25)(H4,21,22,26)/b23-11-,24-12+. The Morgan fingerprint density at radius 3 is 1.22 bits per heavy atom. The smallest absolute Gasteiger partial charge is 0.211 e. The minimum Gasteiger partial charge on any atom is -0.457 e. The summed E-state index contributed by atoms with van der Waals surface area (Å²) >= 11 is 0. The van der Waals surface area contributed by atoms with Crippen molar-refractivity contribution in [2.75, 3.05) is 0 Å². The molecular formula is C18H22N8O. The quantitative estimate of drug-likeness (QED) is 0.345. The van der Waals surface area contributed by atoms with Crippen molar-refractivity contribution < 1.29 is 4.74 Å². The van der Waals surface area contributed by atoms with Gasteiger partial charge >= 0.3 is 0 Å². The largest absolute Gasteiger partial charge is 0.457 e. The van der Waals surface area contributed by atoms with Crippen molar-refractivity contribution in [3.05, 3.63) is 59.7 Å². The second-order valence-electron chi connectivity index (χ2n) is 5.57. The molecule has 0 amide bonds. The number of hydrogen-bond donors (Lipinski definition) is 4. The van der Waals surface area contributed by atoms with Crippen molar-refractivity contribution in [3.63, 3.8) is 0 Å². The van der Waals surface area contributed by atoms with Crippen LogP contribution in [-0.2, 0) is 0 Å². The van der Waals surface area contributed by atoms with Gasteiger partial charge in [0.2, 0.25) is 11.9 Å². The molecule has 0 aromatic heterocycles. The number of ether oxygens (including phenoxy) is 1. The zero-order valence-electron chi connectivity index (χ0n) is 15.1. The van der Waals surface area contributed by atoms with Gasteiger partial charge in [-0.05, 0) is 73.5 Å². The molecular weight excluding hydrogens is 344 g/mol. The summed E-state index contributed by atoms with van der Waals surface area (Å²) in [5, 5.41) is 15.1. The molecule has 0 radical (unpaired) electrons. The molecule has 0 aliphatic carbocycles. The number of guanidine groups is 2. The monoisotopic (exact) mass is 366 g/mol. The Hall–Kier alpha value is -3.88. The van der Waals surface area contributed by atoms with Gasteiger partial charge in [0.1, 0.15) is 11.5 Å². The minimum atomic E-state index is -0.0867. The third kappa shape index (κ3) is 6.16. The van der Waals surface area contributed by atoms with E-state index in [2.05, 4.69) is 20.4 Å². The molecule has 0 aliphatic rings. The Morgan fingerprint density at radius 1 is 0.593 bits per heavy atom. The van der Waals surface area contributed by atoms with E-state index >= 15 is 0 Å². The van der Waals surface area contributed by atoms with Gasteiger partial charge in [-0.15, -0.1) is 10.2 Å². The van der Waals surface area contributed by atoms with E-state index in [0.717, 1.165) is 11.1 Å². The number of nitrogens with zero attached hydrogens (tertiary/aromatic N) is 4. The van der Waals surface area contributed by atoms with Crippen LogP contribution in [-0.4, -0.2) is 23.3 Å². The first-order valence-electron chi connectivity index (χ1n) is 8.00. The van der Waals surface area contributed by atoms with Crippen LogP contribution >= 0.6 is 0 Å².